The molecule has 2 heterocycles. The maximum Gasteiger partial charge on any atom is 0.417 e. The maximum absolute atomic E-state index is 13.2. The number of hydrogen-bond donors (Lipinski definition) is 3. The highest BCUT2D eigenvalue weighted by Gasteiger charge is 2.43. The Morgan fingerprint density at radius 2 is 2.18 bits per heavy atom. The van der Waals surface area contributed by atoms with Crippen LogP contribution in [0.2, 0.25) is 0 Å². The fourth-order valence-corrected chi connectivity index (χ4v) is 3.78. The SMILES string of the molecule is N[C@@H]1C=C[C@](CCNC(=O)O)(C(=O)N2CCc3ncc(C(F)(F)F)cc3C2)C1. The van der Waals surface area contributed by atoms with Gasteiger partial charge in [-0.1, -0.05) is 12.2 Å². The summed E-state index contributed by atoms with van der Waals surface area (Å²) in [6.07, 6.45) is -0.551. The highest BCUT2D eigenvalue weighted by atomic mass is 19.4. The first-order valence-electron chi connectivity index (χ1n) is 8.87. The van der Waals surface area contributed by atoms with Gasteiger partial charge in [0, 0.05) is 44.0 Å². The van der Waals surface area contributed by atoms with Gasteiger partial charge in [0.05, 0.1) is 11.0 Å². The predicted octanol–water partition coefficient (Wildman–Crippen LogP) is 1.92. The van der Waals surface area contributed by atoms with Gasteiger partial charge in [0.2, 0.25) is 5.91 Å². The number of carbonyl (C=O) groups is 2. The number of rotatable bonds is 4. The van der Waals surface area contributed by atoms with Crippen LogP contribution in [0.4, 0.5) is 18.0 Å². The number of fused-ring (bicyclic) bond motifs is 1. The average molecular weight is 398 g/mol. The van der Waals surface area contributed by atoms with E-state index in [1.54, 1.807) is 12.2 Å². The molecule has 0 saturated carbocycles. The minimum absolute atomic E-state index is 0.0300. The molecule has 2 amide bonds. The van der Waals surface area contributed by atoms with Crippen molar-refractivity contribution in [1.29, 1.82) is 0 Å². The standard InChI is InChI=1S/C18H21F3N4O3/c19-18(20,21)12-7-11-10-25(6-2-14(11)24-9-12)15(26)17(3-1-13(22)8-17)4-5-23-16(27)28/h1,3,7,9,13,23H,2,4-6,8,10,22H2,(H,27,28)/t13-,17-/m1/s1. The van der Waals surface area contributed by atoms with Gasteiger partial charge in [-0.25, -0.2) is 4.79 Å². The van der Waals surface area contributed by atoms with E-state index < -0.39 is 23.2 Å². The van der Waals surface area contributed by atoms with E-state index in [1.807, 2.05) is 0 Å². The first-order valence-corrected chi connectivity index (χ1v) is 8.87. The normalized spacial score (nSPS) is 24.1. The lowest BCUT2D eigenvalue weighted by atomic mass is 9.81. The molecule has 3 rings (SSSR count). The third-order valence-corrected chi connectivity index (χ3v) is 5.19. The van der Waals surface area contributed by atoms with E-state index in [0.29, 0.717) is 30.6 Å². The van der Waals surface area contributed by atoms with Gasteiger partial charge in [-0.2, -0.15) is 13.2 Å². The zero-order chi connectivity index (χ0) is 20.5. The number of nitrogens with two attached hydrogens (primary N) is 1. The Morgan fingerprint density at radius 3 is 2.79 bits per heavy atom. The predicted molar refractivity (Wildman–Crippen MR) is 93.2 cm³/mol. The summed E-state index contributed by atoms with van der Waals surface area (Å²) in [5.41, 5.74) is 5.04. The molecule has 0 aromatic carbocycles. The van der Waals surface area contributed by atoms with Gasteiger partial charge >= 0.3 is 12.3 Å². The first-order chi connectivity index (χ1) is 13.1. The molecular formula is C18H21F3N4O3. The number of hydrogen-bond acceptors (Lipinski definition) is 4. The van der Waals surface area contributed by atoms with E-state index in [9.17, 15) is 22.8 Å². The molecule has 0 spiro atoms. The lowest BCUT2D eigenvalue weighted by Crippen LogP contribution is -2.47. The first kappa shape index (κ1) is 20.1. The molecule has 1 aromatic rings. The van der Waals surface area contributed by atoms with Gasteiger partial charge < -0.3 is 21.1 Å². The molecule has 0 radical (unpaired) electrons. The molecule has 0 bridgehead atoms. The van der Waals surface area contributed by atoms with Gasteiger partial charge in [0.1, 0.15) is 0 Å². The Bertz CT molecular complexity index is 812. The molecule has 1 aromatic heterocycles. The molecule has 1 aliphatic heterocycles. The summed E-state index contributed by atoms with van der Waals surface area (Å²) in [4.78, 5) is 29.4. The van der Waals surface area contributed by atoms with E-state index in [-0.39, 0.29) is 31.5 Å². The van der Waals surface area contributed by atoms with Crippen molar-refractivity contribution in [2.45, 2.75) is 38.0 Å². The molecule has 7 nitrogen and oxygen atoms in total. The summed E-state index contributed by atoms with van der Waals surface area (Å²) in [6.45, 7) is 0.437. The zero-order valence-corrected chi connectivity index (χ0v) is 15.0. The van der Waals surface area contributed by atoms with Crippen LogP contribution in [0.5, 0.6) is 0 Å². The average Bonchev–Trinajstić information content (AvgIpc) is 3.01. The number of nitrogens with zero attached hydrogens (tertiary/aromatic N) is 2. The van der Waals surface area contributed by atoms with Crippen molar-refractivity contribution in [3.63, 3.8) is 0 Å². The molecule has 28 heavy (non-hydrogen) atoms. The summed E-state index contributed by atoms with van der Waals surface area (Å²) in [7, 11) is 0. The molecule has 1 aliphatic carbocycles. The summed E-state index contributed by atoms with van der Waals surface area (Å²) in [5.74, 6) is -0.257. The van der Waals surface area contributed by atoms with Gasteiger partial charge in [-0.05, 0) is 24.5 Å². The highest BCUT2D eigenvalue weighted by Crippen LogP contribution is 2.38. The van der Waals surface area contributed by atoms with Gasteiger partial charge in [-0.3, -0.25) is 9.78 Å². The van der Waals surface area contributed by atoms with Crippen molar-refractivity contribution in [3.05, 3.63) is 41.2 Å². The van der Waals surface area contributed by atoms with Crippen molar-refractivity contribution in [1.82, 2.24) is 15.2 Å². The molecule has 4 N–H and O–H groups in total. The van der Waals surface area contributed by atoms with Gasteiger partial charge in [0.25, 0.3) is 0 Å². The monoisotopic (exact) mass is 398 g/mol. The number of nitrogens with one attached hydrogen (secondary N) is 1. The Balaban J connectivity index is 1.79. The number of halogens is 3. The van der Waals surface area contributed by atoms with Crippen LogP contribution in [-0.4, -0.2) is 46.1 Å². The van der Waals surface area contributed by atoms with E-state index in [4.69, 9.17) is 10.8 Å². The number of alkyl halides is 3. The number of carbonyl (C=O) groups excluding carboxylic acids is 1. The third kappa shape index (κ3) is 4.11. The summed E-state index contributed by atoms with van der Waals surface area (Å²) in [6, 6.07) is 0.709. The van der Waals surface area contributed by atoms with Crippen LogP contribution in [0.1, 0.15) is 29.7 Å². The fourth-order valence-electron chi connectivity index (χ4n) is 3.78. The van der Waals surface area contributed by atoms with E-state index in [1.165, 1.54) is 4.90 Å². The minimum atomic E-state index is -4.50. The summed E-state index contributed by atoms with van der Waals surface area (Å²) >= 11 is 0. The molecular weight excluding hydrogens is 377 g/mol. The molecule has 2 atom stereocenters. The van der Waals surface area contributed by atoms with E-state index >= 15 is 0 Å². The summed E-state index contributed by atoms with van der Waals surface area (Å²) < 4.78 is 38.9. The lowest BCUT2D eigenvalue weighted by Gasteiger charge is -2.36. The quantitative estimate of drug-likeness (QED) is 0.672. The Labute approximate surface area is 159 Å². The van der Waals surface area contributed by atoms with Crippen molar-refractivity contribution in [2.24, 2.45) is 11.1 Å². The van der Waals surface area contributed by atoms with E-state index in [0.717, 1.165) is 12.3 Å². The smallest absolute Gasteiger partial charge is 0.417 e. The van der Waals surface area contributed by atoms with Crippen molar-refractivity contribution >= 4 is 12.0 Å². The number of aromatic nitrogens is 1. The Morgan fingerprint density at radius 1 is 1.43 bits per heavy atom. The van der Waals surface area contributed by atoms with Gasteiger partial charge in [0.15, 0.2) is 0 Å². The number of amides is 2. The molecule has 0 unspecified atom stereocenters. The Kier molecular flexibility index (Phi) is 5.33. The van der Waals surface area contributed by atoms with Gasteiger partial charge in [-0.15, -0.1) is 0 Å². The minimum Gasteiger partial charge on any atom is -0.465 e. The van der Waals surface area contributed by atoms with Crippen LogP contribution in [0.25, 0.3) is 0 Å². The van der Waals surface area contributed by atoms with Crippen LogP contribution in [0.3, 0.4) is 0 Å². The lowest BCUT2D eigenvalue weighted by molar-refractivity contribution is -0.141. The second kappa shape index (κ2) is 7.42. The van der Waals surface area contributed by atoms with Crippen molar-refractivity contribution in [3.8, 4) is 0 Å². The fraction of sp³-hybridized carbons (Fsp3) is 0.500. The molecule has 152 valence electrons. The largest absolute Gasteiger partial charge is 0.465 e. The second-order valence-corrected chi connectivity index (χ2v) is 7.17. The molecule has 2 aliphatic rings. The third-order valence-electron chi connectivity index (χ3n) is 5.19. The van der Waals surface area contributed by atoms with Crippen LogP contribution < -0.4 is 11.1 Å². The van der Waals surface area contributed by atoms with Crippen molar-refractivity contribution < 1.29 is 27.9 Å². The highest BCUT2D eigenvalue weighted by molar-refractivity contribution is 5.86. The number of carboxylic acid groups (broad SMARTS) is 1. The summed E-state index contributed by atoms with van der Waals surface area (Å²) in [5, 5.41) is 11.0. The second-order valence-electron chi connectivity index (χ2n) is 7.17. The molecule has 0 fully saturated rings. The molecule has 0 saturated heterocycles. The molecule has 10 heteroatoms. The van der Waals surface area contributed by atoms with Crippen LogP contribution in [0, 0.1) is 5.41 Å². The van der Waals surface area contributed by atoms with Crippen LogP contribution in [-0.2, 0) is 23.9 Å². The topological polar surface area (TPSA) is 109 Å². The zero-order valence-electron chi connectivity index (χ0n) is 15.0. The maximum atomic E-state index is 13.2. The number of pyridine rings is 1. The van der Waals surface area contributed by atoms with E-state index in [2.05, 4.69) is 10.3 Å². The van der Waals surface area contributed by atoms with Crippen LogP contribution in [0.15, 0.2) is 24.4 Å². The Hall–Kier alpha value is -2.62. The van der Waals surface area contributed by atoms with Crippen molar-refractivity contribution in [2.75, 3.05) is 13.1 Å². The van der Waals surface area contributed by atoms with Crippen LogP contribution >= 0.6 is 0 Å².